The van der Waals surface area contributed by atoms with Crippen LogP contribution in [0.25, 0.3) is 0 Å². The van der Waals surface area contributed by atoms with E-state index >= 15 is 0 Å². The van der Waals surface area contributed by atoms with Crippen LogP contribution in [0.2, 0.25) is 0 Å². The van der Waals surface area contributed by atoms with Gasteiger partial charge in [0.05, 0.1) is 19.6 Å². The highest BCUT2D eigenvalue weighted by atomic mass is 19.1. The summed E-state index contributed by atoms with van der Waals surface area (Å²) in [5, 5.41) is 4.10. The highest BCUT2D eigenvalue weighted by Crippen LogP contribution is 2.50. The molecule has 10 heteroatoms. The Bertz CT molecular complexity index is 1360. The van der Waals surface area contributed by atoms with E-state index in [4.69, 9.17) is 13.7 Å². The predicted molar refractivity (Wildman–Crippen MR) is 150 cm³/mol. The van der Waals surface area contributed by atoms with Crippen LogP contribution in [0.4, 0.5) is 10.4 Å². The summed E-state index contributed by atoms with van der Waals surface area (Å²) in [6, 6.07) is 5.50. The molecule has 2 fully saturated rings. The molecule has 2 atom stereocenters. The number of hydrogen-bond acceptors (Lipinski definition) is 8. The van der Waals surface area contributed by atoms with E-state index in [1.807, 2.05) is 0 Å². The van der Waals surface area contributed by atoms with Gasteiger partial charge in [-0.2, -0.15) is 4.98 Å². The number of hydrogen-bond donors (Lipinski definition) is 0. The summed E-state index contributed by atoms with van der Waals surface area (Å²) in [7, 11) is 0. The molecule has 2 aromatic heterocycles. The largest absolute Gasteiger partial charge is 0.493 e. The van der Waals surface area contributed by atoms with E-state index in [9.17, 15) is 9.18 Å². The Morgan fingerprint density at radius 3 is 2.78 bits per heavy atom. The number of anilines is 1. The zero-order chi connectivity index (χ0) is 28.5. The number of aryl methyl sites for hydroxylation is 1. The molecular weight excluding hydrogens is 525 g/mol. The van der Waals surface area contributed by atoms with Gasteiger partial charge in [-0.15, -0.1) is 0 Å². The van der Waals surface area contributed by atoms with Crippen LogP contribution in [-0.4, -0.2) is 52.2 Å². The van der Waals surface area contributed by atoms with E-state index in [0.717, 1.165) is 61.0 Å². The first kappa shape index (κ1) is 27.7. The van der Waals surface area contributed by atoms with Gasteiger partial charge in [0.1, 0.15) is 23.0 Å². The van der Waals surface area contributed by atoms with Crippen molar-refractivity contribution in [3.63, 3.8) is 0 Å². The van der Waals surface area contributed by atoms with Gasteiger partial charge in [0.2, 0.25) is 5.91 Å². The Balaban J connectivity index is 0.891. The number of aromatic nitrogens is 3. The number of halogens is 1. The van der Waals surface area contributed by atoms with Gasteiger partial charge in [0.15, 0.2) is 11.7 Å². The molecule has 1 aromatic carbocycles. The standard InChI is InChI=1S/C31H40FN5O4/c1-19(2)30-34-31(41-35-30)36-11-8-21(9-12-36)25-15-22(25)5-4-14-39-24-7-6-23(26(32)17-24)16-29(38)37-13-10-28-27(18-37)33-20(3)40-28/h6-7,17,19,21-22,25H,4-5,8-16,18H2,1-3H3. The summed E-state index contributed by atoms with van der Waals surface area (Å²) in [6.45, 7) is 9.45. The van der Waals surface area contributed by atoms with Crippen LogP contribution in [-0.2, 0) is 24.2 Å². The molecule has 1 saturated carbocycles. The van der Waals surface area contributed by atoms with Crippen molar-refractivity contribution in [1.29, 1.82) is 0 Å². The van der Waals surface area contributed by atoms with Crippen molar-refractivity contribution in [1.82, 2.24) is 20.0 Å². The Labute approximate surface area is 240 Å². The van der Waals surface area contributed by atoms with Crippen LogP contribution in [0.5, 0.6) is 5.75 Å². The maximum atomic E-state index is 14.8. The van der Waals surface area contributed by atoms with Crippen LogP contribution in [0, 0.1) is 30.5 Å². The third-order valence-corrected chi connectivity index (χ3v) is 8.88. The monoisotopic (exact) mass is 565 g/mol. The molecule has 220 valence electrons. The van der Waals surface area contributed by atoms with Gasteiger partial charge in [-0.05, 0) is 61.5 Å². The molecule has 41 heavy (non-hydrogen) atoms. The molecule has 0 radical (unpaired) electrons. The van der Waals surface area contributed by atoms with Crippen molar-refractivity contribution in [3.05, 3.63) is 52.7 Å². The summed E-state index contributed by atoms with van der Waals surface area (Å²) in [5.41, 5.74) is 1.19. The topological polar surface area (TPSA) is 97.7 Å². The number of carbonyl (C=O) groups is 1. The number of amides is 1. The third kappa shape index (κ3) is 6.41. The first-order valence-electron chi connectivity index (χ1n) is 15.1. The van der Waals surface area contributed by atoms with Gasteiger partial charge in [-0.25, -0.2) is 9.37 Å². The summed E-state index contributed by atoms with van der Waals surface area (Å²) < 4.78 is 31.7. The fraction of sp³-hybridized carbons (Fsp3) is 0.613. The third-order valence-electron chi connectivity index (χ3n) is 8.88. The van der Waals surface area contributed by atoms with E-state index in [1.54, 1.807) is 24.0 Å². The summed E-state index contributed by atoms with van der Waals surface area (Å²) in [5.74, 6) is 4.85. The number of rotatable bonds is 10. The van der Waals surface area contributed by atoms with E-state index < -0.39 is 5.82 Å². The Morgan fingerprint density at radius 1 is 1.20 bits per heavy atom. The van der Waals surface area contributed by atoms with Crippen LogP contribution in [0.15, 0.2) is 27.1 Å². The van der Waals surface area contributed by atoms with Crippen molar-refractivity contribution >= 4 is 11.9 Å². The molecule has 1 saturated heterocycles. The molecule has 1 aliphatic carbocycles. The molecule has 0 N–H and O–H groups in total. The fourth-order valence-corrected chi connectivity index (χ4v) is 6.40. The Kier molecular flexibility index (Phi) is 7.99. The van der Waals surface area contributed by atoms with Crippen molar-refractivity contribution in [2.75, 3.05) is 31.1 Å². The van der Waals surface area contributed by atoms with Crippen LogP contribution < -0.4 is 9.64 Å². The molecule has 2 unspecified atom stereocenters. The molecule has 6 rings (SSSR count). The summed E-state index contributed by atoms with van der Waals surface area (Å²) in [6.07, 6.45) is 6.40. The second kappa shape index (κ2) is 11.8. The lowest BCUT2D eigenvalue weighted by Gasteiger charge is -2.30. The number of nitrogens with zero attached hydrogens (tertiary/aromatic N) is 5. The average Bonchev–Trinajstić information content (AvgIpc) is 3.36. The molecule has 0 spiro atoms. The second-order valence-corrected chi connectivity index (χ2v) is 12.2. The molecule has 4 heterocycles. The van der Waals surface area contributed by atoms with E-state index in [1.165, 1.54) is 25.3 Å². The van der Waals surface area contributed by atoms with Crippen molar-refractivity contribution < 1.29 is 22.9 Å². The van der Waals surface area contributed by atoms with E-state index in [0.29, 0.717) is 49.3 Å². The Hall–Kier alpha value is -3.43. The zero-order valence-electron chi connectivity index (χ0n) is 24.3. The number of oxazole rings is 1. The molecule has 3 aromatic rings. The minimum absolute atomic E-state index is 0.0220. The Morgan fingerprint density at radius 2 is 2.02 bits per heavy atom. The lowest BCUT2D eigenvalue weighted by Crippen LogP contribution is -2.36. The minimum Gasteiger partial charge on any atom is -0.493 e. The number of benzene rings is 1. The first-order chi connectivity index (χ1) is 19.8. The quantitative estimate of drug-likeness (QED) is 0.299. The maximum absolute atomic E-state index is 14.8. The number of ether oxygens (including phenoxy) is 1. The fourth-order valence-electron chi connectivity index (χ4n) is 6.40. The second-order valence-electron chi connectivity index (χ2n) is 12.2. The highest BCUT2D eigenvalue weighted by molar-refractivity contribution is 5.79. The molecule has 1 amide bonds. The van der Waals surface area contributed by atoms with Gasteiger partial charge in [-0.1, -0.05) is 25.1 Å². The van der Waals surface area contributed by atoms with Crippen LogP contribution >= 0.6 is 0 Å². The highest BCUT2D eigenvalue weighted by Gasteiger charge is 2.43. The van der Waals surface area contributed by atoms with Crippen LogP contribution in [0.3, 0.4) is 0 Å². The number of carbonyl (C=O) groups excluding carboxylic acids is 1. The maximum Gasteiger partial charge on any atom is 0.324 e. The molecule has 0 bridgehead atoms. The van der Waals surface area contributed by atoms with E-state index in [-0.39, 0.29) is 18.2 Å². The minimum atomic E-state index is -0.402. The van der Waals surface area contributed by atoms with Gasteiger partial charge < -0.3 is 23.5 Å². The summed E-state index contributed by atoms with van der Waals surface area (Å²) in [4.78, 5) is 25.7. The molecular formula is C31H40FN5O4. The molecule has 3 aliphatic rings. The van der Waals surface area contributed by atoms with Crippen molar-refractivity contribution in [2.24, 2.45) is 17.8 Å². The molecule has 2 aliphatic heterocycles. The first-order valence-corrected chi connectivity index (χ1v) is 15.1. The zero-order valence-corrected chi connectivity index (χ0v) is 24.3. The number of fused-ring (bicyclic) bond motifs is 1. The lowest BCUT2D eigenvalue weighted by molar-refractivity contribution is -0.131. The van der Waals surface area contributed by atoms with Gasteiger partial charge in [-0.3, -0.25) is 4.79 Å². The summed E-state index contributed by atoms with van der Waals surface area (Å²) >= 11 is 0. The van der Waals surface area contributed by atoms with Gasteiger partial charge >= 0.3 is 6.01 Å². The van der Waals surface area contributed by atoms with Gasteiger partial charge in [0, 0.05) is 45.0 Å². The lowest BCUT2D eigenvalue weighted by atomic mass is 9.90. The average molecular weight is 566 g/mol. The molecule has 9 nitrogen and oxygen atoms in total. The predicted octanol–water partition coefficient (Wildman–Crippen LogP) is 5.47. The SMILES string of the molecule is Cc1nc2c(o1)CCN(C(=O)Cc1ccc(OCCCC3CC3C3CCN(c4nc(C(C)C)no4)CC3)cc1F)C2. The normalized spacial score (nSPS) is 20.9. The van der Waals surface area contributed by atoms with Gasteiger partial charge in [0.25, 0.3) is 0 Å². The van der Waals surface area contributed by atoms with Crippen LogP contribution in [0.1, 0.15) is 80.6 Å². The van der Waals surface area contributed by atoms with Crippen molar-refractivity contribution in [3.8, 4) is 5.75 Å². The van der Waals surface area contributed by atoms with Crippen molar-refractivity contribution in [2.45, 2.75) is 78.2 Å². The number of piperidine rings is 1. The smallest absolute Gasteiger partial charge is 0.324 e. The van der Waals surface area contributed by atoms with E-state index in [2.05, 4.69) is 33.9 Å².